The lowest BCUT2D eigenvalue weighted by Gasteiger charge is -2.38. The molecule has 0 bridgehead atoms. The maximum absolute atomic E-state index is 8.81. The highest BCUT2D eigenvalue weighted by molar-refractivity contribution is 5.44. The minimum Gasteiger partial charge on any atom is -0.493 e. The fourth-order valence-corrected chi connectivity index (χ4v) is 2.68. The number of hydrogen-bond donors (Lipinski definition) is 2. The summed E-state index contributed by atoms with van der Waals surface area (Å²) in [5.74, 6) is 1.70. The maximum Gasteiger partial charge on any atom is 0.128 e. The van der Waals surface area contributed by atoms with E-state index in [2.05, 4.69) is 32.2 Å². The van der Waals surface area contributed by atoms with Crippen molar-refractivity contribution in [2.45, 2.75) is 51.7 Å². The molecule has 1 heterocycles. The molecule has 1 aliphatic heterocycles. The largest absolute Gasteiger partial charge is 0.493 e. The molecule has 0 radical (unpaired) electrons. The summed E-state index contributed by atoms with van der Waals surface area (Å²) >= 11 is 0. The summed E-state index contributed by atoms with van der Waals surface area (Å²) in [6.45, 7) is 8.10. The van der Waals surface area contributed by atoms with Crippen molar-refractivity contribution in [1.29, 1.82) is 0 Å². The Morgan fingerprint density at radius 1 is 1.43 bits per heavy atom. The molecule has 4 heteroatoms. The average Bonchev–Trinajstić information content (AvgIpc) is 2.43. The molecule has 1 atom stereocenters. The van der Waals surface area contributed by atoms with E-state index in [1.54, 1.807) is 0 Å². The molecule has 2 N–H and O–H groups in total. The van der Waals surface area contributed by atoms with Gasteiger partial charge in [0, 0.05) is 37.1 Å². The van der Waals surface area contributed by atoms with Crippen molar-refractivity contribution in [3.05, 3.63) is 23.8 Å². The zero-order chi connectivity index (χ0) is 15.3. The summed E-state index contributed by atoms with van der Waals surface area (Å²) in [4.78, 5) is 0. The third-order valence-corrected chi connectivity index (χ3v) is 3.65. The van der Waals surface area contributed by atoms with Gasteiger partial charge in [0.05, 0.1) is 6.61 Å². The Kier molecular flexibility index (Phi) is 5.48. The van der Waals surface area contributed by atoms with Crippen LogP contribution in [0.25, 0.3) is 0 Å². The lowest BCUT2D eigenvalue weighted by molar-refractivity contribution is 0.0657. The molecule has 0 saturated carbocycles. The van der Waals surface area contributed by atoms with Crippen molar-refractivity contribution in [2.75, 3.05) is 19.8 Å². The Hall–Kier alpha value is -1.26. The second-order valence-corrected chi connectivity index (χ2v) is 6.20. The van der Waals surface area contributed by atoms with E-state index in [9.17, 15) is 0 Å². The predicted octanol–water partition coefficient (Wildman–Crippen LogP) is 3.05. The van der Waals surface area contributed by atoms with Crippen LogP contribution < -0.4 is 14.8 Å². The molecular weight excluding hydrogens is 266 g/mol. The van der Waals surface area contributed by atoms with Crippen LogP contribution in [-0.2, 0) is 0 Å². The van der Waals surface area contributed by atoms with Crippen LogP contribution in [0.3, 0.4) is 0 Å². The van der Waals surface area contributed by atoms with Gasteiger partial charge in [-0.05, 0) is 32.9 Å². The van der Waals surface area contributed by atoms with Gasteiger partial charge in [0.25, 0.3) is 0 Å². The Morgan fingerprint density at radius 3 is 2.95 bits per heavy atom. The van der Waals surface area contributed by atoms with Gasteiger partial charge in [-0.15, -0.1) is 0 Å². The molecule has 4 nitrogen and oxygen atoms in total. The summed E-state index contributed by atoms with van der Waals surface area (Å²) in [5.41, 5.74) is 1.03. The van der Waals surface area contributed by atoms with Gasteiger partial charge in [0.2, 0.25) is 0 Å². The highest BCUT2D eigenvalue weighted by Gasteiger charge is 2.33. The second kappa shape index (κ2) is 7.14. The Bertz CT molecular complexity index is 459. The molecule has 21 heavy (non-hydrogen) atoms. The van der Waals surface area contributed by atoms with E-state index in [1.165, 1.54) is 5.56 Å². The van der Waals surface area contributed by atoms with E-state index in [4.69, 9.17) is 14.6 Å². The first-order chi connectivity index (χ1) is 10.1. The van der Waals surface area contributed by atoms with Gasteiger partial charge in [-0.25, -0.2) is 0 Å². The Balaban J connectivity index is 2.15. The van der Waals surface area contributed by atoms with Crippen molar-refractivity contribution in [1.82, 2.24) is 5.32 Å². The van der Waals surface area contributed by atoms with E-state index in [1.807, 2.05) is 12.1 Å². The summed E-state index contributed by atoms with van der Waals surface area (Å²) in [6.07, 6.45) is 2.73. The fourth-order valence-electron chi connectivity index (χ4n) is 2.68. The monoisotopic (exact) mass is 293 g/mol. The minimum atomic E-state index is -0.178. The van der Waals surface area contributed by atoms with Gasteiger partial charge in [-0.1, -0.05) is 13.0 Å². The maximum atomic E-state index is 8.81. The molecular formula is C17H27NO3. The third-order valence-electron chi connectivity index (χ3n) is 3.65. The molecule has 1 unspecified atom stereocenters. The first kappa shape index (κ1) is 16.1. The van der Waals surface area contributed by atoms with Gasteiger partial charge in [0.1, 0.15) is 17.1 Å². The zero-order valence-electron chi connectivity index (χ0n) is 13.3. The summed E-state index contributed by atoms with van der Waals surface area (Å²) < 4.78 is 11.7. The first-order valence-corrected chi connectivity index (χ1v) is 7.86. The number of fused-ring (bicyclic) bond motifs is 1. The number of rotatable bonds is 7. The molecule has 0 saturated heterocycles. The molecule has 1 aliphatic rings. The normalized spacial score (nSPS) is 19.7. The predicted molar refractivity (Wildman–Crippen MR) is 84.0 cm³/mol. The molecule has 0 aliphatic carbocycles. The average molecular weight is 293 g/mol. The standard InChI is InChI=1S/C17H27NO3/c1-4-8-18-15-12-17(2,3)21-16-11-13(6-7-14(15)16)20-10-5-9-19/h6-7,11,15,18-19H,4-5,8-10,12H2,1-3H3. The second-order valence-electron chi connectivity index (χ2n) is 6.20. The number of aliphatic hydroxyl groups excluding tert-OH is 1. The Labute approximate surface area is 127 Å². The lowest BCUT2D eigenvalue weighted by Crippen LogP contribution is -2.39. The van der Waals surface area contributed by atoms with E-state index < -0.39 is 0 Å². The molecule has 1 aromatic rings. The van der Waals surface area contributed by atoms with Gasteiger partial charge < -0.3 is 19.9 Å². The van der Waals surface area contributed by atoms with Crippen molar-refractivity contribution < 1.29 is 14.6 Å². The van der Waals surface area contributed by atoms with Crippen LogP contribution in [0.5, 0.6) is 11.5 Å². The molecule has 118 valence electrons. The smallest absolute Gasteiger partial charge is 0.128 e. The van der Waals surface area contributed by atoms with Gasteiger partial charge in [-0.3, -0.25) is 0 Å². The van der Waals surface area contributed by atoms with Crippen LogP contribution in [0.4, 0.5) is 0 Å². The minimum absolute atomic E-state index is 0.150. The van der Waals surface area contributed by atoms with Gasteiger partial charge in [0.15, 0.2) is 0 Å². The highest BCUT2D eigenvalue weighted by atomic mass is 16.5. The van der Waals surface area contributed by atoms with Gasteiger partial charge in [-0.2, -0.15) is 0 Å². The Morgan fingerprint density at radius 2 is 2.24 bits per heavy atom. The van der Waals surface area contributed by atoms with Crippen LogP contribution in [0.2, 0.25) is 0 Å². The van der Waals surface area contributed by atoms with E-state index >= 15 is 0 Å². The molecule has 1 aromatic carbocycles. The summed E-state index contributed by atoms with van der Waals surface area (Å²) in [5, 5.41) is 12.4. The number of ether oxygens (including phenoxy) is 2. The van der Waals surface area contributed by atoms with Crippen LogP contribution in [-0.4, -0.2) is 30.5 Å². The zero-order valence-corrected chi connectivity index (χ0v) is 13.3. The third kappa shape index (κ3) is 4.35. The number of nitrogens with one attached hydrogen (secondary N) is 1. The fraction of sp³-hybridized carbons (Fsp3) is 0.647. The molecule has 0 aromatic heterocycles. The van der Waals surface area contributed by atoms with Crippen LogP contribution >= 0.6 is 0 Å². The summed E-state index contributed by atoms with van der Waals surface area (Å²) in [7, 11) is 0. The molecule has 0 spiro atoms. The SMILES string of the molecule is CCCNC1CC(C)(C)Oc2cc(OCCCO)ccc21. The molecule has 0 fully saturated rings. The van der Waals surface area contributed by atoms with E-state index in [-0.39, 0.29) is 12.2 Å². The van der Waals surface area contributed by atoms with Crippen molar-refractivity contribution in [3.8, 4) is 11.5 Å². The van der Waals surface area contributed by atoms with Crippen molar-refractivity contribution in [2.24, 2.45) is 0 Å². The summed E-state index contributed by atoms with van der Waals surface area (Å²) in [6, 6.07) is 6.37. The van der Waals surface area contributed by atoms with Gasteiger partial charge >= 0.3 is 0 Å². The highest BCUT2D eigenvalue weighted by Crippen LogP contribution is 2.41. The van der Waals surface area contributed by atoms with E-state index in [0.29, 0.717) is 19.1 Å². The molecule has 0 amide bonds. The number of aliphatic hydroxyl groups is 1. The van der Waals surface area contributed by atoms with E-state index in [0.717, 1.165) is 30.9 Å². The lowest BCUT2D eigenvalue weighted by atomic mass is 9.89. The number of benzene rings is 1. The molecule has 2 rings (SSSR count). The quantitative estimate of drug-likeness (QED) is 0.759. The van der Waals surface area contributed by atoms with Crippen LogP contribution in [0.1, 0.15) is 51.6 Å². The van der Waals surface area contributed by atoms with Crippen LogP contribution in [0.15, 0.2) is 18.2 Å². The topological polar surface area (TPSA) is 50.7 Å². The van der Waals surface area contributed by atoms with Crippen LogP contribution in [0, 0.1) is 0 Å². The number of hydrogen-bond acceptors (Lipinski definition) is 4. The van der Waals surface area contributed by atoms with Crippen molar-refractivity contribution in [3.63, 3.8) is 0 Å². The van der Waals surface area contributed by atoms with Crippen molar-refractivity contribution >= 4 is 0 Å². The first-order valence-electron chi connectivity index (χ1n) is 7.86.